The molecule has 0 saturated carbocycles. The van der Waals surface area contributed by atoms with E-state index in [0.29, 0.717) is 28.0 Å². The van der Waals surface area contributed by atoms with Crippen LogP contribution in [0.1, 0.15) is 12.8 Å². The lowest BCUT2D eigenvalue weighted by atomic mass is 10.2. The number of carbonyl (C=O) groups excluding carboxylic acids is 1. The van der Waals surface area contributed by atoms with Crippen molar-refractivity contribution in [3.8, 4) is 11.5 Å². The molecule has 154 valence electrons. The van der Waals surface area contributed by atoms with E-state index in [1.807, 2.05) is 0 Å². The third-order valence-corrected chi connectivity index (χ3v) is 4.34. The SMILES string of the molecule is COc1ccc(NC(=S)NC(=O)CCCOc2ccc(Cl)cc2Cl)c([N+](=O)[O-])c1. The highest BCUT2D eigenvalue weighted by Gasteiger charge is 2.16. The number of hydrogen-bond acceptors (Lipinski definition) is 6. The molecular weight excluding hydrogens is 441 g/mol. The Morgan fingerprint density at radius 2 is 2.00 bits per heavy atom. The minimum atomic E-state index is -0.575. The van der Waals surface area contributed by atoms with E-state index in [-0.39, 0.29) is 35.4 Å². The first-order valence-corrected chi connectivity index (χ1v) is 9.47. The Labute approximate surface area is 182 Å². The lowest BCUT2D eigenvalue weighted by Gasteiger charge is -2.11. The second-order valence-electron chi connectivity index (χ2n) is 5.67. The predicted octanol–water partition coefficient (Wildman–Crippen LogP) is 4.58. The summed E-state index contributed by atoms with van der Waals surface area (Å²) in [5.41, 5.74) is -0.0870. The number of halogens is 2. The van der Waals surface area contributed by atoms with Gasteiger partial charge in [0.05, 0.1) is 29.7 Å². The average molecular weight is 458 g/mol. The van der Waals surface area contributed by atoms with Crippen LogP contribution in [0.2, 0.25) is 10.0 Å². The van der Waals surface area contributed by atoms with Crippen molar-refractivity contribution in [1.82, 2.24) is 5.32 Å². The first-order chi connectivity index (χ1) is 13.8. The van der Waals surface area contributed by atoms with Crippen LogP contribution >= 0.6 is 35.4 Å². The van der Waals surface area contributed by atoms with Crippen molar-refractivity contribution < 1.29 is 19.2 Å². The van der Waals surface area contributed by atoms with Gasteiger partial charge in [0, 0.05) is 11.4 Å². The van der Waals surface area contributed by atoms with Gasteiger partial charge in [-0.15, -0.1) is 0 Å². The number of thiocarbonyl (C=S) groups is 1. The summed E-state index contributed by atoms with van der Waals surface area (Å²) in [6, 6.07) is 9.10. The lowest BCUT2D eigenvalue weighted by Crippen LogP contribution is -2.34. The number of benzene rings is 2. The van der Waals surface area contributed by atoms with E-state index in [0.717, 1.165) is 0 Å². The molecule has 0 aliphatic carbocycles. The molecule has 2 rings (SSSR count). The van der Waals surface area contributed by atoms with Gasteiger partial charge in [-0.05, 0) is 49.0 Å². The molecule has 0 spiro atoms. The number of hydrogen-bond donors (Lipinski definition) is 2. The number of nitro groups is 1. The molecule has 8 nitrogen and oxygen atoms in total. The van der Waals surface area contributed by atoms with Gasteiger partial charge in [-0.1, -0.05) is 23.2 Å². The molecule has 2 N–H and O–H groups in total. The minimum Gasteiger partial charge on any atom is -0.496 e. The largest absolute Gasteiger partial charge is 0.496 e. The molecular formula is C18H17Cl2N3O5S. The maximum Gasteiger partial charge on any atom is 0.296 e. The number of nitrogens with zero attached hydrogens (tertiary/aromatic N) is 1. The van der Waals surface area contributed by atoms with Gasteiger partial charge in [0.15, 0.2) is 5.11 Å². The molecule has 2 aromatic rings. The summed E-state index contributed by atoms with van der Waals surface area (Å²) >= 11 is 16.9. The molecule has 0 fully saturated rings. The summed E-state index contributed by atoms with van der Waals surface area (Å²) < 4.78 is 10.5. The van der Waals surface area contributed by atoms with Crippen LogP contribution in [0.3, 0.4) is 0 Å². The molecule has 0 atom stereocenters. The zero-order valence-electron chi connectivity index (χ0n) is 15.2. The Bertz CT molecular complexity index is 926. The first kappa shape index (κ1) is 22.7. The zero-order valence-corrected chi connectivity index (χ0v) is 17.6. The summed E-state index contributed by atoms with van der Waals surface area (Å²) in [6.07, 6.45) is 0.549. The number of ether oxygens (including phenoxy) is 2. The van der Waals surface area contributed by atoms with Crippen LogP contribution in [0.4, 0.5) is 11.4 Å². The highest BCUT2D eigenvalue weighted by atomic mass is 35.5. The molecule has 11 heteroatoms. The Morgan fingerprint density at radius 3 is 2.66 bits per heavy atom. The third kappa shape index (κ3) is 7.04. The molecule has 0 aliphatic rings. The van der Waals surface area contributed by atoms with Crippen molar-refractivity contribution >= 4 is 57.8 Å². The van der Waals surface area contributed by atoms with Crippen LogP contribution in [-0.2, 0) is 4.79 Å². The number of nitro benzene ring substituents is 1. The molecule has 0 heterocycles. The van der Waals surface area contributed by atoms with Crippen molar-refractivity contribution in [2.75, 3.05) is 19.0 Å². The van der Waals surface area contributed by atoms with Gasteiger partial charge in [-0.3, -0.25) is 14.9 Å². The summed E-state index contributed by atoms with van der Waals surface area (Å²) in [5.74, 6) is 0.447. The fourth-order valence-electron chi connectivity index (χ4n) is 2.24. The number of amides is 1. The standard InChI is InChI=1S/C18H17Cl2N3O5S/c1-27-12-5-6-14(15(10-12)23(25)26)21-18(29)22-17(24)3-2-8-28-16-7-4-11(19)9-13(16)20/h4-7,9-10H,2-3,8H2,1H3,(H2,21,22,24,29). The van der Waals surface area contributed by atoms with Gasteiger partial charge < -0.3 is 20.1 Å². The van der Waals surface area contributed by atoms with Gasteiger partial charge in [0.25, 0.3) is 5.69 Å². The fourth-order valence-corrected chi connectivity index (χ4v) is 2.93. The second-order valence-corrected chi connectivity index (χ2v) is 6.92. The van der Waals surface area contributed by atoms with Crippen LogP contribution in [0.5, 0.6) is 11.5 Å². The van der Waals surface area contributed by atoms with Gasteiger partial charge >= 0.3 is 0 Å². The molecule has 0 radical (unpaired) electrons. The Hall–Kier alpha value is -2.62. The third-order valence-electron chi connectivity index (χ3n) is 3.60. The normalized spacial score (nSPS) is 10.2. The molecule has 1 amide bonds. The fraction of sp³-hybridized carbons (Fsp3) is 0.222. The van der Waals surface area contributed by atoms with Gasteiger partial charge in [-0.25, -0.2) is 0 Å². The minimum absolute atomic E-state index is 0.0510. The predicted molar refractivity (Wildman–Crippen MR) is 115 cm³/mol. The number of carbonyl (C=O) groups is 1. The molecule has 0 aromatic heterocycles. The number of anilines is 1. The van der Waals surface area contributed by atoms with Crippen LogP contribution in [0.25, 0.3) is 0 Å². The first-order valence-electron chi connectivity index (χ1n) is 8.31. The van der Waals surface area contributed by atoms with Crippen LogP contribution in [0.15, 0.2) is 36.4 Å². The zero-order chi connectivity index (χ0) is 21.4. The maximum atomic E-state index is 12.0. The number of rotatable bonds is 8. The van der Waals surface area contributed by atoms with Crippen molar-refractivity contribution in [3.63, 3.8) is 0 Å². The number of nitrogens with one attached hydrogen (secondary N) is 2. The van der Waals surface area contributed by atoms with Crippen LogP contribution in [0, 0.1) is 10.1 Å². The number of methoxy groups -OCH3 is 1. The quantitative estimate of drug-likeness (QED) is 0.258. The summed E-state index contributed by atoms with van der Waals surface area (Å²) in [5, 5.41) is 17.1. The van der Waals surface area contributed by atoms with Crippen LogP contribution in [-0.4, -0.2) is 29.7 Å². The highest BCUT2D eigenvalue weighted by molar-refractivity contribution is 7.80. The molecule has 2 aromatic carbocycles. The monoisotopic (exact) mass is 457 g/mol. The maximum absolute atomic E-state index is 12.0. The van der Waals surface area contributed by atoms with E-state index in [9.17, 15) is 14.9 Å². The molecule has 0 aliphatic heterocycles. The summed E-state index contributed by atoms with van der Waals surface area (Å²) in [6.45, 7) is 0.263. The van der Waals surface area contributed by atoms with Crippen LogP contribution < -0.4 is 20.1 Å². The Kier molecular flexibility index (Phi) is 8.44. The van der Waals surface area contributed by atoms with Crippen molar-refractivity contribution in [2.24, 2.45) is 0 Å². The van der Waals surface area contributed by atoms with E-state index in [1.54, 1.807) is 24.3 Å². The highest BCUT2D eigenvalue weighted by Crippen LogP contribution is 2.29. The van der Waals surface area contributed by atoms with E-state index < -0.39 is 4.92 Å². The van der Waals surface area contributed by atoms with Crippen molar-refractivity contribution in [1.29, 1.82) is 0 Å². The van der Waals surface area contributed by atoms with Gasteiger partial charge in [0.2, 0.25) is 5.91 Å². The Balaban J connectivity index is 1.80. The van der Waals surface area contributed by atoms with Gasteiger partial charge in [-0.2, -0.15) is 0 Å². The van der Waals surface area contributed by atoms with E-state index in [4.69, 9.17) is 44.9 Å². The van der Waals surface area contributed by atoms with Gasteiger partial charge in [0.1, 0.15) is 17.2 Å². The molecule has 29 heavy (non-hydrogen) atoms. The van der Waals surface area contributed by atoms with Crippen molar-refractivity contribution in [3.05, 3.63) is 56.6 Å². The van der Waals surface area contributed by atoms with E-state index in [1.165, 1.54) is 19.2 Å². The van der Waals surface area contributed by atoms with Crippen molar-refractivity contribution in [2.45, 2.75) is 12.8 Å². The summed E-state index contributed by atoms with van der Waals surface area (Å²) in [4.78, 5) is 22.6. The smallest absolute Gasteiger partial charge is 0.296 e. The lowest BCUT2D eigenvalue weighted by molar-refractivity contribution is -0.384. The molecule has 0 bridgehead atoms. The Morgan fingerprint density at radius 1 is 1.24 bits per heavy atom. The average Bonchev–Trinajstić information content (AvgIpc) is 2.66. The van der Waals surface area contributed by atoms with E-state index in [2.05, 4.69) is 10.6 Å². The second kappa shape index (κ2) is 10.8. The molecule has 0 saturated heterocycles. The van der Waals surface area contributed by atoms with E-state index >= 15 is 0 Å². The molecule has 0 unspecified atom stereocenters. The topological polar surface area (TPSA) is 103 Å². The summed E-state index contributed by atoms with van der Waals surface area (Å²) in [7, 11) is 1.40.